The van der Waals surface area contributed by atoms with E-state index in [-0.39, 0.29) is 12.0 Å². The van der Waals surface area contributed by atoms with Crippen molar-refractivity contribution in [3.05, 3.63) is 58.3 Å². The van der Waals surface area contributed by atoms with Gasteiger partial charge in [-0.3, -0.25) is 4.79 Å². The molecule has 31 heavy (non-hydrogen) atoms. The molecule has 2 fully saturated rings. The first-order valence-electron chi connectivity index (χ1n) is 10.6. The number of carbonyl (C=O) groups excluding carboxylic acids is 1. The molecule has 1 amide bonds. The summed E-state index contributed by atoms with van der Waals surface area (Å²) in [4.78, 5) is 19.4. The van der Waals surface area contributed by atoms with Crippen LogP contribution >= 0.6 is 11.6 Å². The molecule has 3 atom stereocenters. The molecular formula is C22H21ClFN5O2. The van der Waals surface area contributed by atoms with E-state index in [4.69, 9.17) is 16.3 Å². The van der Waals surface area contributed by atoms with Crippen LogP contribution in [0.5, 0.6) is 5.75 Å². The third-order valence-corrected chi connectivity index (χ3v) is 6.69. The number of hydrogen-bond acceptors (Lipinski definition) is 5. The van der Waals surface area contributed by atoms with Crippen molar-refractivity contribution >= 4 is 23.2 Å². The fourth-order valence-corrected chi connectivity index (χ4v) is 5.23. The summed E-state index contributed by atoms with van der Waals surface area (Å²) in [7, 11) is 0. The highest BCUT2D eigenvalue weighted by Gasteiger charge is 2.36. The molecule has 3 aromatic rings. The summed E-state index contributed by atoms with van der Waals surface area (Å²) in [5.74, 6) is -0.288. The summed E-state index contributed by atoms with van der Waals surface area (Å²) in [6.07, 6.45) is 7.30. The number of carbonyl (C=O) groups is 1. The number of aromatic nitrogens is 3. The lowest BCUT2D eigenvalue weighted by Gasteiger charge is -2.30. The average molecular weight is 442 g/mol. The Balaban J connectivity index is 1.25. The van der Waals surface area contributed by atoms with Crippen LogP contribution in [0.4, 0.5) is 4.39 Å². The Kier molecular flexibility index (Phi) is 4.40. The highest BCUT2D eigenvalue weighted by molar-refractivity contribution is 6.30. The second kappa shape index (κ2) is 7.17. The molecule has 0 radical (unpaired) electrons. The van der Waals surface area contributed by atoms with Crippen LogP contribution in [-0.2, 0) is 13.1 Å². The molecular weight excluding hydrogens is 421 g/mol. The van der Waals surface area contributed by atoms with Gasteiger partial charge in [0.15, 0.2) is 5.65 Å². The van der Waals surface area contributed by atoms with Gasteiger partial charge in [-0.15, -0.1) is 0 Å². The number of hydrogen-bond donors (Lipinski definition) is 1. The molecule has 0 saturated carbocycles. The lowest BCUT2D eigenvalue weighted by molar-refractivity contribution is 0.0737. The zero-order valence-corrected chi connectivity index (χ0v) is 17.5. The Morgan fingerprint density at radius 3 is 2.84 bits per heavy atom. The third-order valence-electron chi connectivity index (χ3n) is 6.49. The first kappa shape index (κ1) is 19.0. The maximum absolute atomic E-state index is 14.0. The Morgan fingerprint density at radius 1 is 1.23 bits per heavy atom. The highest BCUT2D eigenvalue weighted by atomic mass is 35.5. The molecule has 1 N–H and O–H groups in total. The zero-order chi connectivity index (χ0) is 21.1. The van der Waals surface area contributed by atoms with E-state index in [1.54, 1.807) is 21.8 Å². The van der Waals surface area contributed by atoms with Gasteiger partial charge in [0, 0.05) is 29.9 Å². The molecule has 2 bridgehead atoms. The maximum atomic E-state index is 14.0. The van der Waals surface area contributed by atoms with Crippen LogP contribution in [-0.4, -0.2) is 43.6 Å². The minimum atomic E-state index is -0.410. The molecule has 160 valence electrons. The molecule has 3 aliphatic heterocycles. The van der Waals surface area contributed by atoms with E-state index in [2.05, 4.69) is 15.4 Å². The predicted octanol–water partition coefficient (Wildman–Crippen LogP) is 3.34. The molecule has 7 nitrogen and oxygen atoms in total. The quantitative estimate of drug-likeness (QED) is 0.675. The minimum absolute atomic E-state index is 0.0129. The number of benzene rings is 1. The summed E-state index contributed by atoms with van der Waals surface area (Å²) < 4.78 is 21.9. The third kappa shape index (κ3) is 3.34. The Bertz CT molecular complexity index is 1190. The van der Waals surface area contributed by atoms with Crippen molar-refractivity contribution in [1.29, 1.82) is 0 Å². The number of fused-ring (bicyclic) bond motifs is 5. The number of ether oxygens (including phenoxy) is 1. The van der Waals surface area contributed by atoms with Crippen LogP contribution in [0.3, 0.4) is 0 Å². The summed E-state index contributed by atoms with van der Waals surface area (Å²) in [6.45, 7) is 0.754. The summed E-state index contributed by atoms with van der Waals surface area (Å²) in [5, 5.41) is 8.59. The largest absolute Gasteiger partial charge is 0.489 e. The van der Waals surface area contributed by atoms with Crippen LogP contribution in [0.2, 0.25) is 5.02 Å². The lowest BCUT2D eigenvalue weighted by Crippen LogP contribution is -2.42. The number of piperidine rings is 1. The van der Waals surface area contributed by atoms with Gasteiger partial charge in [0.1, 0.15) is 17.7 Å². The van der Waals surface area contributed by atoms with E-state index < -0.39 is 5.82 Å². The van der Waals surface area contributed by atoms with Crippen LogP contribution in [0, 0.1) is 5.82 Å². The molecule has 2 aromatic heterocycles. The van der Waals surface area contributed by atoms with Crippen molar-refractivity contribution in [1.82, 2.24) is 24.8 Å². The Morgan fingerprint density at radius 2 is 2.03 bits per heavy atom. The normalized spacial score (nSPS) is 24.6. The van der Waals surface area contributed by atoms with Crippen molar-refractivity contribution in [2.45, 2.75) is 57.0 Å². The van der Waals surface area contributed by atoms with Crippen molar-refractivity contribution in [2.24, 2.45) is 0 Å². The van der Waals surface area contributed by atoms with Gasteiger partial charge in [0.2, 0.25) is 0 Å². The van der Waals surface area contributed by atoms with E-state index in [1.165, 1.54) is 18.2 Å². The molecule has 0 spiro atoms. The second-order valence-corrected chi connectivity index (χ2v) is 9.05. The van der Waals surface area contributed by atoms with Crippen molar-refractivity contribution in [3.8, 4) is 5.75 Å². The van der Waals surface area contributed by atoms with E-state index in [0.29, 0.717) is 47.2 Å². The Hall–Kier alpha value is -2.71. The number of rotatable bonds is 3. The van der Waals surface area contributed by atoms with Gasteiger partial charge in [-0.05, 0) is 37.8 Å². The average Bonchev–Trinajstić information content (AvgIpc) is 3.39. The van der Waals surface area contributed by atoms with E-state index in [9.17, 15) is 9.18 Å². The van der Waals surface area contributed by atoms with Crippen molar-refractivity contribution < 1.29 is 13.9 Å². The molecule has 1 aromatic carbocycles. The van der Waals surface area contributed by atoms with Gasteiger partial charge in [-0.1, -0.05) is 11.6 Å². The zero-order valence-electron chi connectivity index (χ0n) is 16.7. The lowest BCUT2D eigenvalue weighted by atomic mass is 10.0. The topological polar surface area (TPSA) is 71.8 Å². The number of amides is 1. The summed E-state index contributed by atoms with van der Waals surface area (Å²) in [6, 6.07) is 5.05. The first-order valence-corrected chi connectivity index (χ1v) is 10.9. The number of nitrogens with zero attached hydrogens (tertiary/aromatic N) is 4. The standard InChI is InChI=1S/C22H21ClFN5O2/c23-12-8-25-21-18-10-28(11-19(18)27-29(21)9-12)22(30)17-4-1-13(24)5-20(17)31-16-6-14-2-3-15(7-16)26-14/h1,4-5,8-9,14-16,26H,2-3,6-7,10-11H2/t14-,15+,16+. The fraction of sp³-hybridized carbons (Fsp3) is 0.409. The Labute approximate surface area is 183 Å². The van der Waals surface area contributed by atoms with Crippen molar-refractivity contribution in [3.63, 3.8) is 0 Å². The van der Waals surface area contributed by atoms with Crippen LogP contribution < -0.4 is 10.1 Å². The molecule has 0 unspecified atom stereocenters. The first-order chi connectivity index (χ1) is 15.0. The van der Waals surface area contributed by atoms with E-state index in [0.717, 1.165) is 36.9 Å². The number of nitrogens with one attached hydrogen (secondary N) is 1. The monoisotopic (exact) mass is 441 g/mol. The molecule has 3 aliphatic rings. The number of halogens is 2. The second-order valence-electron chi connectivity index (χ2n) is 8.62. The molecule has 6 rings (SSSR count). The molecule has 2 saturated heterocycles. The van der Waals surface area contributed by atoms with E-state index in [1.807, 2.05) is 0 Å². The molecule has 5 heterocycles. The smallest absolute Gasteiger partial charge is 0.258 e. The van der Waals surface area contributed by atoms with Crippen molar-refractivity contribution in [2.75, 3.05) is 0 Å². The molecule has 0 aliphatic carbocycles. The molecule has 9 heteroatoms. The van der Waals surface area contributed by atoms with Crippen LogP contribution in [0.25, 0.3) is 5.65 Å². The minimum Gasteiger partial charge on any atom is -0.489 e. The van der Waals surface area contributed by atoms with Gasteiger partial charge in [0.05, 0.1) is 35.6 Å². The summed E-state index contributed by atoms with van der Waals surface area (Å²) >= 11 is 6.00. The predicted molar refractivity (Wildman–Crippen MR) is 112 cm³/mol. The fourth-order valence-electron chi connectivity index (χ4n) is 5.09. The van der Waals surface area contributed by atoms with Crippen LogP contribution in [0.15, 0.2) is 30.6 Å². The maximum Gasteiger partial charge on any atom is 0.258 e. The van der Waals surface area contributed by atoms with Gasteiger partial charge in [0.25, 0.3) is 5.91 Å². The van der Waals surface area contributed by atoms with E-state index >= 15 is 0 Å². The summed E-state index contributed by atoms with van der Waals surface area (Å²) in [5.41, 5.74) is 2.77. The van der Waals surface area contributed by atoms with Gasteiger partial charge in [-0.2, -0.15) is 5.10 Å². The highest BCUT2D eigenvalue weighted by Crippen LogP contribution is 2.33. The van der Waals surface area contributed by atoms with Crippen LogP contribution in [0.1, 0.15) is 47.3 Å². The van der Waals surface area contributed by atoms with Gasteiger partial charge < -0.3 is 15.0 Å². The van der Waals surface area contributed by atoms with Gasteiger partial charge in [-0.25, -0.2) is 13.9 Å². The van der Waals surface area contributed by atoms with Gasteiger partial charge >= 0.3 is 0 Å². The SMILES string of the molecule is O=C(c1ccc(F)cc1O[C@H]1C[C@H]2CC[C@@H](C1)N2)N1Cc2nn3cc(Cl)cnc3c2C1.